The Hall–Kier alpha value is -2.63. The summed E-state index contributed by atoms with van der Waals surface area (Å²) in [7, 11) is 1.76. The van der Waals surface area contributed by atoms with Gasteiger partial charge in [-0.3, -0.25) is 14.3 Å². The first kappa shape index (κ1) is 13.1. The summed E-state index contributed by atoms with van der Waals surface area (Å²) in [5, 5.41) is 9.74. The average molecular weight is 296 g/mol. The van der Waals surface area contributed by atoms with Crippen molar-refractivity contribution in [3.05, 3.63) is 47.3 Å². The molecule has 22 heavy (non-hydrogen) atoms. The van der Waals surface area contributed by atoms with Gasteiger partial charge in [0.05, 0.1) is 11.8 Å². The molecule has 1 aliphatic heterocycles. The van der Waals surface area contributed by atoms with E-state index in [1.165, 1.54) is 6.20 Å². The van der Waals surface area contributed by atoms with E-state index in [2.05, 4.69) is 15.7 Å². The van der Waals surface area contributed by atoms with Crippen LogP contribution in [0.3, 0.4) is 0 Å². The van der Waals surface area contributed by atoms with Crippen molar-refractivity contribution in [2.24, 2.45) is 7.05 Å². The highest BCUT2D eigenvalue weighted by Crippen LogP contribution is 2.50. The Morgan fingerprint density at radius 3 is 2.91 bits per heavy atom. The molecule has 4 rings (SSSR count). The number of nitrogens with one attached hydrogen (secondary N) is 2. The van der Waals surface area contributed by atoms with Crippen LogP contribution in [-0.2, 0) is 12.5 Å². The number of rotatable bonds is 2. The lowest BCUT2D eigenvalue weighted by atomic mass is 9.87. The monoisotopic (exact) mass is 296 g/mol. The van der Waals surface area contributed by atoms with Gasteiger partial charge in [-0.2, -0.15) is 5.10 Å². The molecule has 0 saturated heterocycles. The SMILES string of the molecule is Cn1cc(C(=O)Nc2ccc3c(c2)C(=O)NCC32CC2)cn1. The molecule has 0 bridgehead atoms. The second-order valence-corrected chi connectivity index (χ2v) is 6.08. The molecule has 2 heterocycles. The largest absolute Gasteiger partial charge is 0.351 e. The molecule has 1 spiro atoms. The van der Waals surface area contributed by atoms with E-state index in [0.29, 0.717) is 16.8 Å². The minimum absolute atomic E-state index is 0.0648. The summed E-state index contributed by atoms with van der Waals surface area (Å²) in [6.45, 7) is 0.722. The molecule has 2 aromatic rings. The summed E-state index contributed by atoms with van der Waals surface area (Å²) >= 11 is 0. The van der Waals surface area contributed by atoms with Crippen molar-refractivity contribution < 1.29 is 9.59 Å². The maximum atomic E-state index is 12.2. The highest BCUT2D eigenvalue weighted by Gasteiger charge is 2.48. The Morgan fingerprint density at radius 1 is 1.41 bits per heavy atom. The standard InChI is InChI=1S/C16H16N4O2/c1-20-8-10(7-18-20)14(21)19-11-2-3-13-12(6-11)15(22)17-9-16(13)4-5-16/h2-3,6-8H,4-5,9H2,1H3,(H,17,22)(H,19,21). The number of anilines is 1. The minimum Gasteiger partial charge on any atom is -0.351 e. The second kappa shape index (κ2) is 4.43. The zero-order valence-corrected chi connectivity index (χ0v) is 12.2. The molecule has 6 heteroatoms. The lowest BCUT2D eigenvalue weighted by Gasteiger charge is -2.26. The van der Waals surface area contributed by atoms with Crippen LogP contribution in [0.5, 0.6) is 0 Å². The van der Waals surface area contributed by atoms with E-state index in [-0.39, 0.29) is 17.2 Å². The van der Waals surface area contributed by atoms with Gasteiger partial charge in [0.1, 0.15) is 0 Å². The molecular weight excluding hydrogens is 280 g/mol. The topological polar surface area (TPSA) is 76.0 Å². The van der Waals surface area contributed by atoms with Gasteiger partial charge in [-0.1, -0.05) is 6.07 Å². The van der Waals surface area contributed by atoms with Crippen molar-refractivity contribution >= 4 is 17.5 Å². The van der Waals surface area contributed by atoms with Gasteiger partial charge in [0, 0.05) is 36.5 Å². The maximum absolute atomic E-state index is 12.2. The van der Waals surface area contributed by atoms with Gasteiger partial charge in [0.2, 0.25) is 0 Å². The Kier molecular flexibility index (Phi) is 2.63. The summed E-state index contributed by atoms with van der Waals surface area (Å²) in [4.78, 5) is 24.2. The van der Waals surface area contributed by atoms with Gasteiger partial charge in [-0.25, -0.2) is 0 Å². The highest BCUT2D eigenvalue weighted by atomic mass is 16.2. The number of fused-ring (bicyclic) bond motifs is 2. The molecule has 1 aliphatic carbocycles. The van der Waals surface area contributed by atoms with Crippen LogP contribution in [0.25, 0.3) is 0 Å². The number of benzene rings is 1. The van der Waals surface area contributed by atoms with E-state index in [4.69, 9.17) is 0 Å². The Morgan fingerprint density at radius 2 is 2.23 bits per heavy atom. The van der Waals surface area contributed by atoms with Crippen LogP contribution < -0.4 is 10.6 Å². The fraction of sp³-hybridized carbons (Fsp3) is 0.312. The van der Waals surface area contributed by atoms with Crippen LogP contribution in [0, 0.1) is 0 Å². The molecule has 1 aromatic carbocycles. The Labute approximate surface area is 127 Å². The average Bonchev–Trinajstić information content (AvgIpc) is 3.16. The van der Waals surface area contributed by atoms with Crippen molar-refractivity contribution in [3.8, 4) is 0 Å². The zero-order chi connectivity index (χ0) is 15.3. The second-order valence-electron chi connectivity index (χ2n) is 6.08. The number of hydrogen-bond donors (Lipinski definition) is 2. The molecule has 1 saturated carbocycles. The third kappa shape index (κ3) is 1.99. The van der Waals surface area contributed by atoms with E-state index < -0.39 is 0 Å². The van der Waals surface area contributed by atoms with Gasteiger partial charge in [0.15, 0.2) is 0 Å². The number of hydrogen-bond acceptors (Lipinski definition) is 3. The molecule has 2 amide bonds. The number of amides is 2. The van der Waals surface area contributed by atoms with Crippen LogP contribution in [0.2, 0.25) is 0 Å². The molecule has 0 atom stereocenters. The number of carbonyl (C=O) groups is 2. The molecular formula is C16H16N4O2. The van der Waals surface area contributed by atoms with Gasteiger partial charge < -0.3 is 10.6 Å². The quantitative estimate of drug-likeness (QED) is 0.880. The van der Waals surface area contributed by atoms with Crippen molar-refractivity contribution in [1.82, 2.24) is 15.1 Å². The molecule has 0 radical (unpaired) electrons. The normalized spacial score (nSPS) is 17.8. The highest BCUT2D eigenvalue weighted by molar-refractivity contribution is 6.05. The Balaban J connectivity index is 1.63. The van der Waals surface area contributed by atoms with E-state index >= 15 is 0 Å². The van der Waals surface area contributed by atoms with Crippen LogP contribution in [0.1, 0.15) is 39.1 Å². The maximum Gasteiger partial charge on any atom is 0.258 e. The zero-order valence-electron chi connectivity index (χ0n) is 12.2. The fourth-order valence-corrected chi connectivity index (χ4v) is 3.05. The number of aryl methyl sites for hydroxylation is 1. The van der Waals surface area contributed by atoms with E-state index in [0.717, 1.165) is 24.9 Å². The number of nitrogens with zero attached hydrogens (tertiary/aromatic N) is 2. The van der Waals surface area contributed by atoms with Crippen molar-refractivity contribution in [3.63, 3.8) is 0 Å². The lowest BCUT2D eigenvalue weighted by molar-refractivity contribution is 0.0936. The molecule has 2 aliphatic rings. The summed E-state index contributed by atoms with van der Waals surface area (Å²) in [5.41, 5.74) is 3.03. The van der Waals surface area contributed by atoms with Gasteiger partial charge in [-0.15, -0.1) is 0 Å². The molecule has 6 nitrogen and oxygen atoms in total. The summed E-state index contributed by atoms with van der Waals surface area (Å²) < 4.78 is 1.58. The van der Waals surface area contributed by atoms with Crippen LogP contribution >= 0.6 is 0 Å². The predicted octanol–water partition coefficient (Wildman–Crippen LogP) is 1.45. The molecule has 112 valence electrons. The minimum atomic E-state index is -0.231. The van der Waals surface area contributed by atoms with Crippen LogP contribution in [-0.4, -0.2) is 28.1 Å². The predicted molar refractivity (Wildman–Crippen MR) is 80.8 cm³/mol. The number of carbonyl (C=O) groups excluding carboxylic acids is 2. The number of aromatic nitrogens is 2. The van der Waals surface area contributed by atoms with Gasteiger partial charge >= 0.3 is 0 Å². The summed E-state index contributed by atoms with van der Waals surface area (Å²) in [6.07, 6.45) is 5.39. The first-order valence-electron chi connectivity index (χ1n) is 7.30. The van der Waals surface area contributed by atoms with Crippen LogP contribution in [0.4, 0.5) is 5.69 Å². The lowest BCUT2D eigenvalue weighted by Crippen LogP contribution is -2.39. The fourth-order valence-electron chi connectivity index (χ4n) is 3.05. The molecule has 1 fully saturated rings. The summed E-state index contributed by atoms with van der Waals surface area (Å²) in [6, 6.07) is 5.60. The first-order valence-corrected chi connectivity index (χ1v) is 7.30. The molecule has 2 N–H and O–H groups in total. The molecule has 1 aromatic heterocycles. The summed E-state index contributed by atoms with van der Waals surface area (Å²) in [5.74, 6) is -0.296. The van der Waals surface area contributed by atoms with E-state index in [1.54, 1.807) is 24.0 Å². The van der Waals surface area contributed by atoms with E-state index in [9.17, 15) is 9.59 Å². The smallest absolute Gasteiger partial charge is 0.258 e. The van der Waals surface area contributed by atoms with E-state index in [1.807, 2.05) is 12.1 Å². The first-order chi connectivity index (χ1) is 10.6. The third-order valence-electron chi connectivity index (χ3n) is 4.50. The van der Waals surface area contributed by atoms with Gasteiger partial charge in [0.25, 0.3) is 11.8 Å². The van der Waals surface area contributed by atoms with Crippen LogP contribution in [0.15, 0.2) is 30.6 Å². The third-order valence-corrected chi connectivity index (χ3v) is 4.50. The van der Waals surface area contributed by atoms with Crippen molar-refractivity contribution in [2.75, 3.05) is 11.9 Å². The Bertz CT molecular complexity index is 789. The molecule has 0 unspecified atom stereocenters. The van der Waals surface area contributed by atoms with Gasteiger partial charge in [-0.05, 0) is 30.5 Å². The van der Waals surface area contributed by atoms with Crippen molar-refractivity contribution in [1.29, 1.82) is 0 Å². The van der Waals surface area contributed by atoms with Crippen molar-refractivity contribution in [2.45, 2.75) is 18.3 Å².